The fraction of sp³-hybridized carbons (Fsp3) is 0.400. The molecular formula is C25H26F3N7O2S. The van der Waals surface area contributed by atoms with Gasteiger partial charge in [-0.25, -0.2) is 19.9 Å². The Morgan fingerprint density at radius 3 is 2.47 bits per heavy atom. The van der Waals surface area contributed by atoms with Gasteiger partial charge in [-0.2, -0.15) is 0 Å². The van der Waals surface area contributed by atoms with Gasteiger partial charge in [0.15, 0.2) is 5.82 Å². The third-order valence-electron chi connectivity index (χ3n) is 6.78. The molecule has 2 saturated heterocycles. The molecule has 2 aliphatic heterocycles. The molecule has 38 heavy (non-hydrogen) atoms. The molecule has 1 spiro atoms. The third kappa shape index (κ3) is 5.93. The summed E-state index contributed by atoms with van der Waals surface area (Å²) in [7, 11) is 0. The molecule has 1 N–H and O–H groups in total. The van der Waals surface area contributed by atoms with E-state index in [2.05, 4.69) is 29.9 Å². The zero-order valence-electron chi connectivity index (χ0n) is 20.8. The van der Waals surface area contributed by atoms with Gasteiger partial charge in [-0.1, -0.05) is 0 Å². The van der Waals surface area contributed by atoms with Gasteiger partial charge >= 0.3 is 6.36 Å². The van der Waals surface area contributed by atoms with Gasteiger partial charge in [0.1, 0.15) is 23.2 Å². The maximum absolute atomic E-state index is 12.7. The molecule has 2 aliphatic rings. The van der Waals surface area contributed by atoms with Gasteiger partial charge in [0.05, 0.1) is 5.03 Å². The van der Waals surface area contributed by atoms with Crippen LogP contribution in [-0.4, -0.2) is 69.5 Å². The Morgan fingerprint density at radius 2 is 1.84 bits per heavy atom. The summed E-state index contributed by atoms with van der Waals surface area (Å²) in [6.45, 7) is 4.69. The fourth-order valence-corrected chi connectivity index (χ4v) is 5.13. The Bertz CT molecular complexity index is 1310. The molecule has 5 heterocycles. The molecule has 0 bridgehead atoms. The molecule has 1 amide bonds. The molecule has 0 radical (unpaired) electrons. The van der Waals surface area contributed by atoms with Crippen molar-refractivity contribution in [2.24, 2.45) is 5.41 Å². The smallest absolute Gasteiger partial charge is 0.406 e. The van der Waals surface area contributed by atoms with Crippen molar-refractivity contribution in [1.29, 1.82) is 0 Å². The van der Waals surface area contributed by atoms with Gasteiger partial charge in [0, 0.05) is 68.6 Å². The van der Waals surface area contributed by atoms with E-state index in [0.717, 1.165) is 56.2 Å². The number of halogens is 3. The second-order valence-electron chi connectivity index (χ2n) is 9.44. The maximum Gasteiger partial charge on any atom is 0.573 e. The highest BCUT2D eigenvalue weighted by Gasteiger charge is 2.45. The van der Waals surface area contributed by atoms with Gasteiger partial charge in [-0.15, -0.1) is 24.9 Å². The minimum absolute atomic E-state index is 0.103. The SMILES string of the molecule is CSc1ccc(-c2nc(Nc3cc(OC(F)(F)F)ccn3)cc(N3CC4(CCN(C(C)=O)CC4)C3)n2)cn1. The predicted octanol–water partition coefficient (Wildman–Crippen LogP) is 4.75. The predicted molar refractivity (Wildman–Crippen MR) is 137 cm³/mol. The summed E-state index contributed by atoms with van der Waals surface area (Å²) < 4.78 is 42.0. The lowest BCUT2D eigenvalue weighted by molar-refractivity contribution is -0.274. The van der Waals surface area contributed by atoms with E-state index in [-0.39, 0.29) is 22.9 Å². The number of amides is 1. The number of hydrogen-bond donors (Lipinski definition) is 1. The van der Waals surface area contributed by atoms with E-state index < -0.39 is 6.36 Å². The van der Waals surface area contributed by atoms with E-state index in [0.29, 0.717) is 23.0 Å². The summed E-state index contributed by atoms with van der Waals surface area (Å²) in [5, 5.41) is 3.85. The summed E-state index contributed by atoms with van der Waals surface area (Å²) in [4.78, 5) is 33.6. The van der Waals surface area contributed by atoms with Crippen molar-refractivity contribution in [2.75, 3.05) is 42.7 Å². The summed E-state index contributed by atoms with van der Waals surface area (Å²) in [6.07, 6.45) is 1.91. The Morgan fingerprint density at radius 1 is 1.08 bits per heavy atom. The minimum Gasteiger partial charge on any atom is -0.406 e. The molecule has 2 fully saturated rings. The monoisotopic (exact) mass is 545 g/mol. The quantitative estimate of drug-likeness (QED) is 0.441. The molecule has 0 aromatic carbocycles. The second kappa shape index (κ2) is 10.3. The van der Waals surface area contributed by atoms with Crippen molar-refractivity contribution in [3.63, 3.8) is 0 Å². The summed E-state index contributed by atoms with van der Waals surface area (Å²) in [5.41, 5.74) is 0.844. The molecule has 0 unspecified atom stereocenters. The van der Waals surface area contributed by atoms with E-state index >= 15 is 0 Å². The number of likely N-dealkylation sites (tertiary alicyclic amines) is 1. The molecule has 13 heteroatoms. The average Bonchev–Trinajstić information content (AvgIpc) is 2.86. The zero-order chi connectivity index (χ0) is 26.9. The minimum atomic E-state index is -4.81. The van der Waals surface area contributed by atoms with Crippen LogP contribution in [0.4, 0.5) is 30.6 Å². The highest BCUT2D eigenvalue weighted by atomic mass is 32.2. The molecule has 9 nitrogen and oxygen atoms in total. The van der Waals surface area contributed by atoms with Crippen LogP contribution in [0.3, 0.4) is 0 Å². The van der Waals surface area contributed by atoms with E-state index in [1.807, 2.05) is 23.3 Å². The molecule has 200 valence electrons. The first-order valence-corrected chi connectivity index (χ1v) is 13.2. The number of nitrogens with one attached hydrogen (secondary N) is 1. The average molecular weight is 546 g/mol. The Labute approximate surface area is 221 Å². The molecule has 5 rings (SSSR count). The van der Waals surface area contributed by atoms with Crippen LogP contribution in [0.2, 0.25) is 0 Å². The molecule has 3 aromatic heterocycles. The third-order valence-corrected chi connectivity index (χ3v) is 7.44. The lowest BCUT2D eigenvalue weighted by Crippen LogP contribution is -2.61. The molecule has 0 atom stereocenters. The zero-order valence-corrected chi connectivity index (χ0v) is 21.6. The normalized spacial score (nSPS) is 16.8. The number of alkyl halides is 3. The number of aromatic nitrogens is 4. The number of piperidine rings is 1. The van der Waals surface area contributed by atoms with Crippen molar-refractivity contribution in [2.45, 2.75) is 31.2 Å². The van der Waals surface area contributed by atoms with Gasteiger partial charge < -0.3 is 19.9 Å². The van der Waals surface area contributed by atoms with Crippen LogP contribution < -0.4 is 15.0 Å². The van der Waals surface area contributed by atoms with Crippen LogP contribution in [-0.2, 0) is 4.79 Å². The van der Waals surface area contributed by atoms with Crippen LogP contribution in [0.5, 0.6) is 5.75 Å². The number of carbonyl (C=O) groups excluding carboxylic acids is 1. The van der Waals surface area contributed by atoms with Crippen molar-refractivity contribution < 1.29 is 22.7 Å². The van der Waals surface area contributed by atoms with E-state index in [1.165, 1.54) is 18.0 Å². The lowest BCUT2D eigenvalue weighted by Gasteiger charge is -2.54. The topological polar surface area (TPSA) is 96.4 Å². The van der Waals surface area contributed by atoms with E-state index in [1.54, 1.807) is 19.2 Å². The van der Waals surface area contributed by atoms with Gasteiger partial charge in [-0.05, 0) is 37.3 Å². The number of carbonyl (C=O) groups is 1. The summed E-state index contributed by atoms with van der Waals surface area (Å²) in [6, 6.07) is 7.80. The standard InChI is InChI=1S/C25H26F3N7O2S/c1-16(36)34-9-6-24(7-10-34)14-35(15-24)21-12-20(31-19-11-18(5-8-29-19)37-25(26,27)28)32-23(33-21)17-3-4-22(38-2)30-13-17/h3-5,8,11-13H,6-7,9-10,14-15H2,1-2H3,(H,29,31,32,33). The number of rotatable bonds is 6. The molecular weight excluding hydrogens is 519 g/mol. The van der Waals surface area contributed by atoms with Crippen LogP contribution in [0.1, 0.15) is 19.8 Å². The molecule has 0 aliphatic carbocycles. The number of hydrogen-bond acceptors (Lipinski definition) is 9. The Hall–Kier alpha value is -3.61. The largest absolute Gasteiger partial charge is 0.573 e. The van der Waals surface area contributed by atoms with Gasteiger partial charge in [0.2, 0.25) is 5.91 Å². The van der Waals surface area contributed by atoms with Gasteiger partial charge in [-0.3, -0.25) is 4.79 Å². The Kier molecular flexibility index (Phi) is 7.03. The van der Waals surface area contributed by atoms with Gasteiger partial charge in [0.25, 0.3) is 0 Å². The number of anilines is 3. The van der Waals surface area contributed by atoms with Crippen LogP contribution in [0.25, 0.3) is 11.4 Å². The fourth-order valence-electron chi connectivity index (χ4n) is 4.77. The van der Waals surface area contributed by atoms with Crippen molar-refractivity contribution in [1.82, 2.24) is 24.8 Å². The highest BCUT2D eigenvalue weighted by Crippen LogP contribution is 2.43. The van der Waals surface area contributed by atoms with E-state index in [4.69, 9.17) is 4.98 Å². The first-order valence-electron chi connectivity index (χ1n) is 12.0. The first kappa shape index (κ1) is 26.0. The number of ether oxygens (including phenoxy) is 1. The number of thioether (sulfide) groups is 1. The Balaban J connectivity index is 1.40. The van der Waals surface area contributed by atoms with Crippen molar-refractivity contribution in [3.8, 4) is 17.1 Å². The summed E-state index contributed by atoms with van der Waals surface area (Å²) in [5.74, 6) is 1.36. The van der Waals surface area contributed by atoms with Crippen LogP contribution in [0, 0.1) is 5.41 Å². The molecule has 0 saturated carbocycles. The van der Waals surface area contributed by atoms with E-state index in [9.17, 15) is 18.0 Å². The van der Waals surface area contributed by atoms with Crippen molar-refractivity contribution in [3.05, 3.63) is 42.7 Å². The molecule has 3 aromatic rings. The van der Waals surface area contributed by atoms with Crippen LogP contribution in [0.15, 0.2) is 47.8 Å². The first-order chi connectivity index (χ1) is 18.1. The summed E-state index contributed by atoms with van der Waals surface area (Å²) >= 11 is 1.52. The van der Waals surface area contributed by atoms with Crippen molar-refractivity contribution >= 4 is 35.1 Å². The number of pyridine rings is 2. The second-order valence-corrected chi connectivity index (χ2v) is 10.3. The lowest BCUT2D eigenvalue weighted by atomic mass is 9.72. The maximum atomic E-state index is 12.7. The van der Waals surface area contributed by atoms with Crippen LogP contribution >= 0.6 is 11.8 Å². The number of nitrogens with zero attached hydrogens (tertiary/aromatic N) is 6. The highest BCUT2D eigenvalue weighted by molar-refractivity contribution is 7.98.